The Labute approximate surface area is 144 Å². The fourth-order valence-corrected chi connectivity index (χ4v) is 2.23. The molecule has 2 rings (SSSR count). The van der Waals surface area contributed by atoms with Gasteiger partial charge in [0.25, 0.3) is 0 Å². The van der Waals surface area contributed by atoms with Gasteiger partial charge >= 0.3 is 12.1 Å². The largest absolute Gasteiger partial charge is 0.445 e. The van der Waals surface area contributed by atoms with Gasteiger partial charge in [-0.05, 0) is 5.56 Å². The lowest BCUT2D eigenvalue weighted by Crippen LogP contribution is -2.50. The van der Waals surface area contributed by atoms with Crippen molar-refractivity contribution in [3.63, 3.8) is 0 Å². The number of benzene rings is 1. The maximum atomic E-state index is 12.0. The number of carbonyl (C=O) groups is 4. The molecule has 1 aromatic rings. The third-order valence-corrected chi connectivity index (χ3v) is 3.46. The molecule has 0 atom stereocenters. The first-order valence-corrected chi connectivity index (χ1v) is 7.87. The molecule has 2 N–H and O–H groups in total. The molecule has 1 aliphatic rings. The van der Waals surface area contributed by atoms with Crippen molar-refractivity contribution >= 4 is 23.9 Å². The van der Waals surface area contributed by atoms with Crippen LogP contribution in [0.2, 0.25) is 0 Å². The molecule has 1 saturated heterocycles. The number of ether oxygens (including phenoxy) is 1. The van der Waals surface area contributed by atoms with Crippen molar-refractivity contribution in [3.05, 3.63) is 35.9 Å². The number of nitrogens with one attached hydrogen (secondary N) is 2. The minimum atomic E-state index is -0.654. The van der Waals surface area contributed by atoms with Crippen molar-refractivity contribution in [3.8, 4) is 0 Å². The summed E-state index contributed by atoms with van der Waals surface area (Å²) in [5, 5.41) is 6.80. The molecule has 0 aromatic heterocycles. The predicted octanol–water partition coefficient (Wildman–Crippen LogP) is 0.618. The number of hydrogen-bond donors (Lipinski definition) is 2. The number of alkyl carbamates (subject to hydrolysis) is 1. The zero-order valence-electron chi connectivity index (χ0n) is 13.9. The Morgan fingerprint density at radius 1 is 1.28 bits per heavy atom. The first kappa shape index (κ1) is 18.2. The van der Waals surface area contributed by atoms with Crippen LogP contribution in [-0.2, 0) is 20.9 Å². The second-order valence-corrected chi connectivity index (χ2v) is 5.27. The Hall–Kier alpha value is -3.10. The van der Waals surface area contributed by atoms with Gasteiger partial charge < -0.3 is 10.1 Å². The molecule has 9 nitrogen and oxygen atoms in total. The van der Waals surface area contributed by atoms with Crippen LogP contribution in [0.5, 0.6) is 0 Å². The third kappa shape index (κ3) is 5.20. The molecule has 25 heavy (non-hydrogen) atoms. The van der Waals surface area contributed by atoms with Crippen molar-refractivity contribution in [2.24, 2.45) is 0 Å². The highest BCUT2D eigenvalue weighted by atomic mass is 16.5. The van der Waals surface area contributed by atoms with Crippen molar-refractivity contribution < 1.29 is 23.9 Å². The average molecular weight is 348 g/mol. The van der Waals surface area contributed by atoms with Gasteiger partial charge in [-0.1, -0.05) is 37.3 Å². The van der Waals surface area contributed by atoms with Crippen LogP contribution in [0.25, 0.3) is 0 Å². The van der Waals surface area contributed by atoms with Crippen molar-refractivity contribution in [2.45, 2.75) is 20.0 Å². The second kappa shape index (κ2) is 8.67. The molecule has 0 spiro atoms. The van der Waals surface area contributed by atoms with E-state index in [1.165, 1.54) is 0 Å². The maximum Gasteiger partial charge on any atom is 0.407 e. The standard InChI is InChI=1S/C16H20N4O5/c1-2-14(22)19(20-10-13(21)18-15(20)23)9-8-17-16(24)25-11-12-6-4-3-5-7-12/h3-7H,2,8-11H2,1H3,(H,17,24)(H,18,21,23). The number of hydrazine groups is 1. The van der Waals surface area contributed by atoms with E-state index in [0.717, 1.165) is 15.6 Å². The highest BCUT2D eigenvalue weighted by Gasteiger charge is 2.33. The molecule has 0 bridgehead atoms. The van der Waals surface area contributed by atoms with Gasteiger partial charge in [0.05, 0.1) is 6.54 Å². The Balaban J connectivity index is 1.80. The van der Waals surface area contributed by atoms with Crippen molar-refractivity contribution in [2.75, 3.05) is 19.6 Å². The van der Waals surface area contributed by atoms with Gasteiger partial charge in [0, 0.05) is 13.0 Å². The van der Waals surface area contributed by atoms with E-state index in [1.54, 1.807) is 6.92 Å². The Morgan fingerprint density at radius 2 is 2.00 bits per heavy atom. The van der Waals surface area contributed by atoms with E-state index in [2.05, 4.69) is 10.6 Å². The molecule has 134 valence electrons. The summed E-state index contributed by atoms with van der Waals surface area (Å²) in [6.07, 6.45) is -0.467. The van der Waals surface area contributed by atoms with E-state index in [-0.39, 0.29) is 38.6 Å². The molecule has 1 fully saturated rings. The fourth-order valence-electron chi connectivity index (χ4n) is 2.23. The van der Waals surface area contributed by atoms with Gasteiger partial charge in [-0.2, -0.15) is 0 Å². The van der Waals surface area contributed by atoms with Crippen LogP contribution >= 0.6 is 0 Å². The van der Waals surface area contributed by atoms with E-state index >= 15 is 0 Å². The quantitative estimate of drug-likeness (QED) is 0.702. The van der Waals surface area contributed by atoms with E-state index in [0.29, 0.717) is 0 Å². The first-order valence-electron chi connectivity index (χ1n) is 7.87. The number of nitrogens with zero attached hydrogens (tertiary/aromatic N) is 2. The molecular formula is C16H20N4O5. The van der Waals surface area contributed by atoms with Crippen LogP contribution in [0.1, 0.15) is 18.9 Å². The molecular weight excluding hydrogens is 328 g/mol. The fraction of sp³-hybridized carbons (Fsp3) is 0.375. The molecule has 0 saturated carbocycles. The van der Waals surface area contributed by atoms with Crippen LogP contribution < -0.4 is 10.6 Å². The van der Waals surface area contributed by atoms with E-state index < -0.39 is 18.0 Å². The molecule has 1 heterocycles. The van der Waals surface area contributed by atoms with E-state index in [1.807, 2.05) is 30.3 Å². The lowest BCUT2D eigenvalue weighted by molar-refractivity contribution is -0.143. The van der Waals surface area contributed by atoms with Gasteiger partial charge in [-0.15, -0.1) is 0 Å². The molecule has 1 aliphatic heterocycles. The average Bonchev–Trinajstić information content (AvgIpc) is 2.95. The summed E-state index contributed by atoms with van der Waals surface area (Å²) in [4.78, 5) is 46.6. The monoisotopic (exact) mass is 348 g/mol. The van der Waals surface area contributed by atoms with Crippen molar-refractivity contribution in [1.82, 2.24) is 20.7 Å². The molecule has 9 heteroatoms. The third-order valence-electron chi connectivity index (χ3n) is 3.46. The molecule has 1 aromatic carbocycles. The number of imide groups is 1. The second-order valence-electron chi connectivity index (χ2n) is 5.27. The summed E-state index contributed by atoms with van der Waals surface area (Å²) in [7, 11) is 0. The maximum absolute atomic E-state index is 12.0. The number of urea groups is 1. The minimum absolute atomic E-state index is 0.0494. The molecule has 5 amide bonds. The zero-order valence-corrected chi connectivity index (χ0v) is 13.9. The highest BCUT2D eigenvalue weighted by molar-refractivity contribution is 6.02. The van der Waals surface area contributed by atoms with Gasteiger partial charge in [0.15, 0.2) is 0 Å². The smallest absolute Gasteiger partial charge is 0.407 e. The van der Waals surface area contributed by atoms with Crippen molar-refractivity contribution in [1.29, 1.82) is 0 Å². The molecule has 0 aliphatic carbocycles. The summed E-state index contributed by atoms with van der Waals surface area (Å²) in [5.74, 6) is -0.807. The minimum Gasteiger partial charge on any atom is -0.445 e. The summed E-state index contributed by atoms with van der Waals surface area (Å²) in [5.41, 5.74) is 0.854. The highest BCUT2D eigenvalue weighted by Crippen LogP contribution is 2.06. The van der Waals surface area contributed by atoms with Gasteiger partial charge in [-0.25, -0.2) is 19.6 Å². The summed E-state index contributed by atoms with van der Waals surface area (Å²) in [6.45, 7) is 1.69. The van der Waals surface area contributed by atoms with Gasteiger partial charge in [-0.3, -0.25) is 14.9 Å². The van der Waals surface area contributed by atoms with Gasteiger partial charge in [0.1, 0.15) is 13.2 Å². The van der Waals surface area contributed by atoms with Crippen LogP contribution in [0.4, 0.5) is 9.59 Å². The van der Waals surface area contributed by atoms with E-state index in [4.69, 9.17) is 4.74 Å². The zero-order chi connectivity index (χ0) is 18.2. The Morgan fingerprint density at radius 3 is 2.60 bits per heavy atom. The van der Waals surface area contributed by atoms with E-state index in [9.17, 15) is 19.2 Å². The van der Waals surface area contributed by atoms with Crippen LogP contribution in [-0.4, -0.2) is 53.6 Å². The SMILES string of the molecule is CCC(=O)N(CCNC(=O)OCc1ccccc1)N1CC(=O)NC1=O. The Bertz CT molecular complexity index is 649. The number of amides is 5. The van der Waals surface area contributed by atoms with Crippen LogP contribution in [0.3, 0.4) is 0 Å². The van der Waals surface area contributed by atoms with Gasteiger partial charge in [0.2, 0.25) is 11.8 Å². The topological polar surface area (TPSA) is 108 Å². The van der Waals surface area contributed by atoms with Crippen LogP contribution in [0.15, 0.2) is 30.3 Å². The number of rotatable bonds is 7. The normalized spacial score (nSPS) is 13.4. The lowest BCUT2D eigenvalue weighted by Gasteiger charge is -2.29. The number of carbonyl (C=O) groups excluding carboxylic acids is 4. The first-order chi connectivity index (χ1) is 12.0. The Kier molecular flexibility index (Phi) is 6.33. The summed E-state index contributed by atoms with van der Waals surface area (Å²) in [6, 6.07) is 8.55. The number of hydrogen-bond acceptors (Lipinski definition) is 5. The summed E-state index contributed by atoms with van der Waals surface area (Å²) < 4.78 is 5.06. The molecule has 0 unspecified atom stereocenters. The lowest BCUT2D eigenvalue weighted by atomic mass is 10.2. The predicted molar refractivity (Wildman–Crippen MR) is 86.9 cm³/mol. The summed E-state index contributed by atoms with van der Waals surface area (Å²) >= 11 is 0. The molecule has 0 radical (unpaired) electrons. The van der Waals surface area contributed by atoms with Crippen LogP contribution in [0, 0.1) is 0 Å².